The molecule has 0 radical (unpaired) electrons. The summed E-state index contributed by atoms with van der Waals surface area (Å²) in [6.45, 7) is 7.99. The van der Waals surface area contributed by atoms with Crippen LogP contribution in [0.25, 0.3) is 22.3 Å². The van der Waals surface area contributed by atoms with Crippen molar-refractivity contribution in [2.45, 2.75) is 59.2 Å². The van der Waals surface area contributed by atoms with Gasteiger partial charge in [-0.05, 0) is 36.6 Å². The van der Waals surface area contributed by atoms with E-state index in [0.717, 1.165) is 17.5 Å². The molecule has 4 rings (SSSR count). The van der Waals surface area contributed by atoms with Gasteiger partial charge in [0.05, 0.1) is 24.1 Å². The monoisotopic (exact) mass is 514 g/mol. The van der Waals surface area contributed by atoms with Crippen molar-refractivity contribution < 1.29 is 22.7 Å². The van der Waals surface area contributed by atoms with Crippen molar-refractivity contribution in [2.75, 3.05) is 7.11 Å². The highest BCUT2D eigenvalue weighted by Crippen LogP contribution is 2.41. The third-order valence-corrected chi connectivity index (χ3v) is 6.23. The molecule has 2 N–H and O–H groups in total. The quantitative estimate of drug-likeness (QED) is 0.432. The van der Waals surface area contributed by atoms with Gasteiger partial charge in [0.1, 0.15) is 11.5 Å². The number of alkyl carbamates (subject to hydrolysis) is 1. The van der Waals surface area contributed by atoms with Crippen molar-refractivity contribution in [3.63, 3.8) is 0 Å². The van der Waals surface area contributed by atoms with Crippen molar-refractivity contribution in [3.8, 4) is 0 Å². The van der Waals surface area contributed by atoms with Crippen LogP contribution in [0.2, 0.25) is 0 Å². The van der Waals surface area contributed by atoms with Gasteiger partial charge in [0.25, 0.3) is 0 Å². The van der Waals surface area contributed by atoms with Crippen molar-refractivity contribution in [1.29, 1.82) is 0 Å². The number of fused-ring (bicyclic) bond motifs is 1. The van der Waals surface area contributed by atoms with Gasteiger partial charge in [-0.25, -0.2) is 19.7 Å². The number of carbonyl (C=O) groups is 1. The molecule has 0 unspecified atom stereocenters. The normalized spacial score (nSPS) is 15.2. The van der Waals surface area contributed by atoms with Crippen LogP contribution in [0.15, 0.2) is 35.7 Å². The Morgan fingerprint density at radius 3 is 2.68 bits per heavy atom. The van der Waals surface area contributed by atoms with E-state index in [1.807, 2.05) is 27.7 Å². The lowest BCUT2D eigenvalue weighted by Crippen LogP contribution is -2.32. The number of methoxy groups -OCH3 is 1. The summed E-state index contributed by atoms with van der Waals surface area (Å²) in [5, 5.41) is 2.72. The first-order chi connectivity index (χ1) is 17.4. The number of alkyl halides is 3. The molecule has 0 spiro atoms. The fraction of sp³-hybridized carbons (Fsp3) is 0.423. The van der Waals surface area contributed by atoms with E-state index >= 15 is 0 Å². The Morgan fingerprint density at radius 2 is 2.00 bits per heavy atom. The van der Waals surface area contributed by atoms with Crippen molar-refractivity contribution in [3.05, 3.63) is 53.4 Å². The lowest BCUT2D eigenvalue weighted by atomic mass is 9.86. The van der Waals surface area contributed by atoms with E-state index in [1.165, 1.54) is 13.2 Å². The molecule has 1 aliphatic rings. The second-order valence-corrected chi connectivity index (χ2v) is 10.1. The van der Waals surface area contributed by atoms with Crippen LogP contribution in [0.4, 0.5) is 18.0 Å². The maximum absolute atomic E-state index is 13.6. The lowest BCUT2D eigenvalue weighted by molar-refractivity contribution is -0.136. The fourth-order valence-corrected chi connectivity index (χ4v) is 4.11. The summed E-state index contributed by atoms with van der Waals surface area (Å²) in [4.78, 5) is 32.2. The average molecular weight is 515 g/mol. The zero-order valence-electron chi connectivity index (χ0n) is 21.3. The molecule has 0 fully saturated rings. The third-order valence-electron chi connectivity index (χ3n) is 6.23. The number of amides is 1. The standard InChI is InChI=1S/C26H29F3N6O2/c1-14(33-24(36)37-5)6-7-21-30-9-8-19(34-21)22-16(11-20(35-22)25(2,3)4)15-10-17-18(26(27,28)29)13-32-23(17)31-12-15/h8-10,12-14H,6-7,11H2,1-5H3,(H,31,32)(H,33,36)/t14-/m0/s1. The largest absolute Gasteiger partial charge is 0.453 e. The van der Waals surface area contributed by atoms with E-state index in [9.17, 15) is 18.0 Å². The smallest absolute Gasteiger partial charge is 0.418 e. The maximum Gasteiger partial charge on any atom is 0.418 e. The van der Waals surface area contributed by atoms with E-state index in [0.29, 0.717) is 42.0 Å². The van der Waals surface area contributed by atoms with Gasteiger partial charge in [-0.3, -0.25) is 4.99 Å². The number of aryl methyl sites for hydroxylation is 1. The van der Waals surface area contributed by atoms with E-state index < -0.39 is 17.8 Å². The minimum atomic E-state index is -4.50. The molecule has 4 heterocycles. The number of allylic oxidation sites excluding steroid dienone is 1. The molecule has 0 aliphatic carbocycles. The van der Waals surface area contributed by atoms with Crippen LogP contribution in [0.1, 0.15) is 63.2 Å². The molecule has 1 atom stereocenters. The van der Waals surface area contributed by atoms with Gasteiger partial charge in [-0.2, -0.15) is 13.2 Å². The molecular weight excluding hydrogens is 485 g/mol. The fourth-order valence-electron chi connectivity index (χ4n) is 4.11. The number of H-pyrrole nitrogens is 1. The van der Waals surface area contributed by atoms with Crippen LogP contribution in [0.5, 0.6) is 0 Å². The zero-order valence-corrected chi connectivity index (χ0v) is 21.3. The number of halogens is 3. The van der Waals surface area contributed by atoms with Crippen LogP contribution in [0.3, 0.4) is 0 Å². The predicted molar refractivity (Wildman–Crippen MR) is 135 cm³/mol. The molecule has 3 aromatic rings. The molecule has 196 valence electrons. The van der Waals surface area contributed by atoms with Crippen LogP contribution in [0, 0.1) is 5.41 Å². The minimum absolute atomic E-state index is 0.0107. The van der Waals surface area contributed by atoms with E-state index in [4.69, 9.17) is 9.98 Å². The van der Waals surface area contributed by atoms with E-state index in [-0.39, 0.29) is 22.5 Å². The molecule has 0 saturated carbocycles. The molecule has 37 heavy (non-hydrogen) atoms. The van der Waals surface area contributed by atoms with Gasteiger partial charge in [0.2, 0.25) is 0 Å². The topological polar surface area (TPSA) is 105 Å². The molecule has 11 heteroatoms. The maximum atomic E-state index is 13.6. The number of aromatic nitrogens is 4. The lowest BCUT2D eigenvalue weighted by Gasteiger charge is -2.18. The highest BCUT2D eigenvalue weighted by molar-refractivity contribution is 6.11. The Balaban J connectivity index is 1.72. The summed E-state index contributed by atoms with van der Waals surface area (Å²) in [5.74, 6) is 0.570. The highest BCUT2D eigenvalue weighted by Gasteiger charge is 2.35. The molecule has 8 nitrogen and oxygen atoms in total. The first-order valence-corrected chi connectivity index (χ1v) is 11.9. The first-order valence-electron chi connectivity index (χ1n) is 11.9. The SMILES string of the molecule is COC(=O)N[C@@H](C)CCc1nccc(C2=C(c3cnc4[nH]cc(C(F)(F)F)c4c3)CC(C(C)(C)C)=N2)n1. The van der Waals surface area contributed by atoms with Gasteiger partial charge in [0.15, 0.2) is 0 Å². The summed E-state index contributed by atoms with van der Waals surface area (Å²) in [6, 6.07) is 3.11. The average Bonchev–Trinajstić information content (AvgIpc) is 3.47. The van der Waals surface area contributed by atoms with E-state index in [2.05, 4.69) is 25.0 Å². The third kappa shape index (κ3) is 5.81. The molecule has 0 saturated heterocycles. The number of hydrogen-bond donors (Lipinski definition) is 2. The predicted octanol–water partition coefficient (Wildman–Crippen LogP) is 5.81. The number of pyridine rings is 1. The number of aromatic amines is 1. The van der Waals surface area contributed by atoms with Gasteiger partial charge in [0, 0.05) is 54.0 Å². The Kier molecular flexibility index (Phi) is 7.07. The van der Waals surface area contributed by atoms with Crippen LogP contribution in [-0.2, 0) is 17.3 Å². The number of aliphatic imine (C=N–C) groups is 1. The molecule has 0 bridgehead atoms. The Hall–Kier alpha value is -3.76. The van der Waals surface area contributed by atoms with Crippen molar-refractivity contribution in [2.24, 2.45) is 10.4 Å². The molecular formula is C26H29F3N6O2. The molecule has 1 aliphatic heterocycles. The number of carbonyl (C=O) groups excluding carboxylic acids is 1. The van der Waals surface area contributed by atoms with Crippen molar-refractivity contribution in [1.82, 2.24) is 25.3 Å². The first kappa shape index (κ1) is 26.3. The van der Waals surface area contributed by atoms with Crippen LogP contribution < -0.4 is 5.32 Å². The summed E-state index contributed by atoms with van der Waals surface area (Å²) in [6.07, 6.45) is 0.706. The summed E-state index contributed by atoms with van der Waals surface area (Å²) < 4.78 is 45.3. The Morgan fingerprint density at radius 1 is 1.24 bits per heavy atom. The number of hydrogen-bond acceptors (Lipinski definition) is 6. The second kappa shape index (κ2) is 9.95. The van der Waals surface area contributed by atoms with Gasteiger partial charge in [-0.1, -0.05) is 20.8 Å². The Bertz CT molecular complexity index is 1380. The van der Waals surface area contributed by atoms with Gasteiger partial charge < -0.3 is 15.0 Å². The van der Waals surface area contributed by atoms with Crippen molar-refractivity contribution >= 4 is 34.1 Å². The molecule has 3 aromatic heterocycles. The second-order valence-electron chi connectivity index (χ2n) is 10.1. The van der Waals surface area contributed by atoms with Gasteiger partial charge >= 0.3 is 12.3 Å². The summed E-state index contributed by atoms with van der Waals surface area (Å²) in [7, 11) is 1.31. The van der Waals surface area contributed by atoms with Crippen LogP contribution >= 0.6 is 0 Å². The zero-order chi connectivity index (χ0) is 27.0. The van der Waals surface area contributed by atoms with Crippen LogP contribution in [-0.4, -0.2) is 44.9 Å². The summed E-state index contributed by atoms with van der Waals surface area (Å²) >= 11 is 0. The highest BCUT2D eigenvalue weighted by atomic mass is 19.4. The summed E-state index contributed by atoms with van der Waals surface area (Å²) in [5.41, 5.74) is 2.57. The number of ether oxygens (including phenoxy) is 1. The minimum Gasteiger partial charge on any atom is -0.453 e. The van der Waals surface area contributed by atoms with Gasteiger partial charge in [-0.15, -0.1) is 0 Å². The molecule has 1 amide bonds. The molecule has 0 aromatic carbocycles. The number of rotatable bonds is 6. The number of nitrogens with one attached hydrogen (secondary N) is 2. The Labute approximate surface area is 212 Å². The van der Waals surface area contributed by atoms with E-state index in [1.54, 1.807) is 18.5 Å². The number of nitrogens with zero attached hydrogens (tertiary/aromatic N) is 4.